The zero-order chi connectivity index (χ0) is 10.2. The van der Waals surface area contributed by atoms with Gasteiger partial charge in [-0.1, -0.05) is 19.3 Å². The van der Waals surface area contributed by atoms with Crippen molar-refractivity contribution in [1.29, 1.82) is 0 Å². The van der Waals surface area contributed by atoms with Crippen molar-refractivity contribution in [3.05, 3.63) is 0 Å². The summed E-state index contributed by atoms with van der Waals surface area (Å²) in [5.41, 5.74) is 5.48. The molecule has 2 atom stereocenters. The molecular formula is C11H21NO2. The van der Waals surface area contributed by atoms with E-state index in [1.54, 1.807) is 0 Å². The van der Waals surface area contributed by atoms with Crippen molar-refractivity contribution in [2.45, 2.75) is 57.1 Å². The van der Waals surface area contributed by atoms with Crippen LogP contribution in [0.2, 0.25) is 0 Å². The fraction of sp³-hybridized carbons (Fsp3) is 0.909. The predicted molar refractivity (Wildman–Crippen MR) is 56.1 cm³/mol. The number of ether oxygens (including phenoxy) is 1. The fourth-order valence-electron chi connectivity index (χ4n) is 1.87. The highest BCUT2D eigenvalue weighted by Crippen LogP contribution is 2.18. The third-order valence-electron chi connectivity index (χ3n) is 2.76. The van der Waals surface area contributed by atoms with Crippen LogP contribution in [0.15, 0.2) is 0 Å². The number of carbonyl (C=O) groups excluding carboxylic acids is 1. The third kappa shape index (κ3) is 4.72. The minimum Gasteiger partial charge on any atom is -0.378 e. The maximum atomic E-state index is 10.2. The van der Waals surface area contributed by atoms with Crippen LogP contribution in [0.3, 0.4) is 0 Å². The van der Waals surface area contributed by atoms with E-state index in [0.717, 1.165) is 25.7 Å². The number of aldehydes is 1. The highest BCUT2D eigenvalue weighted by Gasteiger charge is 2.14. The molecule has 0 spiro atoms. The Morgan fingerprint density at radius 3 is 2.93 bits per heavy atom. The Labute approximate surface area is 86.0 Å². The van der Waals surface area contributed by atoms with Gasteiger partial charge in [0.1, 0.15) is 6.29 Å². The summed E-state index contributed by atoms with van der Waals surface area (Å²) in [4.78, 5) is 10.2. The summed E-state index contributed by atoms with van der Waals surface area (Å²) < 4.78 is 5.52. The Morgan fingerprint density at radius 2 is 2.29 bits per heavy atom. The SMILES string of the molecule is NC(C=O)CCCCCC1CCCO1. The fourth-order valence-corrected chi connectivity index (χ4v) is 1.87. The standard InChI is InChI=1S/C11H21NO2/c12-10(9-13)5-2-1-3-6-11-7-4-8-14-11/h9-11H,1-8,12H2. The first-order chi connectivity index (χ1) is 6.83. The zero-order valence-corrected chi connectivity index (χ0v) is 8.78. The van der Waals surface area contributed by atoms with Crippen LogP contribution in [-0.4, -0.2) is 25.0 Å². The molecule has 0 aliphatic carbocycles. The van der Waals surface area contributed by atoms with E-state index in [-0.39, 0.29) is 6.04 Å². The van der Waals surface area contributed by atoms with Crippen LogP contribution in [0, 0.1) is 0 Å². The quantitative estimate of drug-likeness (QED) is 0.501. The van der Waals surface area contributed by atoms with Crippen LogP contribution in [0.1, 0.15) is 44.9 Å². The molecule has 3 nitrogen and oxygen atoms in total. The molecule has 1 saturated heterocycles. The lowest BCUT2D eigenvalue weighted by atomic mass is 10.1. The molecule has 0 aromatic rings. The molecule has 2 unspecified atom stereocenters. The highest BCUT2D eigenvalue weighted by molar-refractivity contribution is 5.56. The molecule has 14 heavy (non-hydrogen) atoms. The molecule has 2 N–H and O–H groups in total. The number of hydrogen-bond donors (Lipinski definition) is 1. The lowest BCUT2D eigenvalue weighted by Crippen LogP contribution is -2.20. The van der Waals surface area contributed by atoms with Gasteiger partial charge in [0, 0.05) is 6.61 Å². The summed E-state index contributed by atoms with van der Waals surface area (Å²) in [6.45, 7) is 0.945. The first-order valence-electron chi connectivity index (χ1n) is 5.65. The summed E-state index contributed by atoms with van der Waals surface area (Å²) >= 11 is 0. The van der Waals surface area contributed by atoms with Gasteiger partial charge in [-0.2, -0.15) is 0 Å². The van der Waals surface area contributed by atoms with Gasteiger partial charge in [0.15, 0.2) is 0 Å². The largest absolute Gasteiger partial charge is 0.378 e. The van der Waals surface area contributed by atoms with Gasteiger partial charge in [0.05, 0.1) is 12.1 Å². The molecule has 1 heterocycles. The molecular weight excluding hydrogens is 178 g/mol. The molecule has 0 bridgehead atoms. The summed E-state index contributed by atoms with van der Waals surface area (Å²) in [5, 5.41) is 0. The molecule has 1 fully saturated rings. The van der Waals surface area contributed by atoms with E-state index in [0.29, 0.717) is 6.10 Å². The molecule has 0 amide bonds. The molecule has 82 valence electrons. The van der Waals surface area contributed by atoms with Gasteiger partial charge in [-0.3, -0.25) is 0 Å². The monoisotopic (exact) mass is 199 g/mol. The number of rotatable bonds is 7. The first kappa shape index (κ1) is 11.7. The van der Waals surface area contributed by atoms with Gasteiger partial charge >= 0.3 is 0 Å². The van der Waals surface area contributed by atoms with Crippen LogP contribution in [0.25, 0.3) is 0 Å². The average Bonchev–Trinajstić information content (AvgIpc) is 2.69. The molecule has 0 radical (unpaired) electrons. The summed E-state index contributed by atoms with van der Waals surface area (Å²) in [6, 6.07) is -0.252. The second-order valence-electron chi connectivity index (χ2n) is 4.07. The third-order valence-corrected chi connectivity index (χ3v) is 2.76. The second-order valence-corrected chi connectivity index (χ2v) is 4.07. The molecule has 1 aliphatic rings. The zero-order valence-electron chi connectivity index (χ0n) is 8.78. The van der Waals surface area contributed by atoms with Gasteiger partial charge in [-0.25, -0.2) is 0 Å². The number of hydrogen-bond acceptors (Lipinski definition) is 3. The number of carbonyl (C=O) groups is 1. The number of nitrogens with two attached hydrogens (primary N) is 1. The first-order valence-corrected chi connectivity index (χ1v) is 5.65. The second kappa shape index (κ2) is 6.96. The van der Waals surface area contributed by atoms with E-state index < -0.39 is 0 Å². The maximum Gasteiger partial charge on any atom is 0.136 e. The van der Waals surface area contributed by atoms with Crippen LogP contribution >= 0.6 is 0 Å². The van der Waals surface area contributed by atoms with E-state index in [2.05, 4.69) is 0 Å². The van der Waals surface area contributed by atoms with Crippen molar-refractivity contribution >= 4 is 6.29 Å². The van der Waals surface area contributed by atoms with Crippen molar-refractivity contribution < 1.29 is 9.53 Å². The summed E-state index contributed by atoms with van der Waals surface area (Å²) in [7, 11) is 0. The normalized spacial score (nSPS) is 23.6. The minimum absolute atomic E-state index is 0.252. The van der Waals surface area contributed by atoms with E-state index in [1.165, 1.54) is 32.1 Å². The van der Waals surface area contributed by atoms with E-state index in [4.69, 9.17) is 10.5 Å². The minimum atomic E-state index is -0.252. The summed E-state index contributed by atoms with van der Waals surface area (Å²) in [6.07, 6.45) is 9.24. The van der Waals surface area contributed by atoms with Gasteiger partial charge in [0.25, 0.3) is 0 Å². The summed E-state index contributed by atoms with van der Waals surface area (Å²) in [5.74, 6) is 0. The van der Waals surface area contributed by atoms with Crippen molar-refractivity contribution in [2.24, 2.45) is 5.73 Å². The van der Waals surface area contributed by atoms with Crippen molar-refractivity contribution in [3.63, 3.8) is 0 Å². The Morgan fingerprint density at radius 1 is 1.43 bits per heavy atom. The molecule has 1 rings (SSSR count). The average molecular weight is 199 g/mol. The van der Waals surface area contributed by atoms with Gasteiger partial charge < -0.3 is 15.3 Å². The van der Waals surface area contributed by atoms with Crippen molar-refractivity contribution in [2.75, 3.05) is 6.61 Å². The lowest BCUT2D eigenvalue weighted by molar-refractivity contribution is -0.109. The Bertz CT molecular complexity index is 155. The lowest BCUT2D eigenvalue weighted by Gasteiger charge is -2.08. The maximum absolute atomic E-state index is 10.2. The molecule has 0 saturated carbocycles. The Balaban J connectivity index is 1.86. The van der Waals surface area contributed by atoms with Crippen LogP contribution in [0.4, 0.5) is 0 Å². The molecule has 0 aromatic heterocycles. The van der Waals surface area contributed by atoms with Gasteiger partial charge in [0.2, 0.25) is 0 Å². The number of unbranched alkanes of at least 4 members (excludes halogenated alkanes) is 2. The Hall–Kier alpha value is -0.410. The highest BCUT2D eigenvalue weighted by atomic mass is 16.5. The van der Waals surface area contributed by atoms with E-state index >= 15 is 0 Å². The van der Waals surface area contributed by atoms with Gasteiger partial charge in [-0.15, -0.1) is 0 Å². The van der Waals surface area contributed by atoms with Crippen LogP contribution < -0.4 is 5.73 Å². The van der Waals surface area contributed by atoms with E-state index in [1.807, 2.05) is 0 Å². The predicted octanol–water partition coefficient (Wildman–Crippen LogP) is 1.64. The van der Waals surface area contributed by atoms with E-state index in [9.17, 15) is 4.79 Å². The molecule has 0 aromatic carbocycles. The smallest absolute Gasteiger partial charge is 0.136 e. The van der Waals surface area contributed by atoms with Crippen molar-refractivity contribution in [3.8, 4) is 0 Å². The molecule has 3 heteroatoms. The topological polar surface area (TPSA) is 52.3 Å². The van der Waals surface area contributed by atoms with Crippen molar-refractivity contribution in [1.82, 2.24) is 0 Å². The van der Waals surface area contributed by atoms with Crippen LogP contribution in [0.5, 0.6) is 0 Å². The Kier molecular flexibility index (Phi) is 5.80. The van der Waals surface area contributed by atoms with Crippen LogP contribution in [-0.2, 0) is 9.53 Å². The van der Waals surface area contributed by atoms with Gasteiger partial charge in [-0.05, 0) is 25.7 Å². The molecule has 1 aliphatic heterocycles.